The molecule has 2 N–H and O–H groups in total. The molecule has 8 nitrogen and oxygen atoms in total. The van der Waals surface area contributed by atoms with Gasteiger partial charge in [-0.1, -0.05) is 60.7 Å². The Kier molecular flexibility index (Phi) is 12.6. The highest BCUT2D eigenvalue weighted by molar-refractivity contribution is 7.24. The van der Waals surface area contributed by atoms with E-state index in [1.807, 2.05) is 60.7 Å². The first kappa shape index (κ1) is 43.2. The molecule has 0 aliphatic carbocycles. The van der Waals surface area contributed by atoms with Gasteiger partial charge in [-0.05, 0) is 145 Å². The van der Waals surface area contributed by atoms with Crippen molar-refractivity contribution in [1.82, 2.24) is 0 Å². The van der Waals surface area contributed by atoms with Crippen molar-refractivity contribution >= 4 is 104 Å². The lowest BCUT2D eigenvalue weighted by Gasteiger charge is -2.28. The molecule has 5 aromatic carbocycles. The summed E-state index contributed by atoms with van der Waals surface area (Å²) in [7, 11) is 0. The molecule has 0 amide bonds. The van der Waals surface area contributed by atoms with Gasteiger partial charge < -0.3 is 20.0 Å². The van der Waals surface area contributed by atoms with Crippen molar-refractivity contribution in [3.63, 3.8) is 0 Å². The van der Waals surface area contributed by atoms with Gasteiger partial charge in [0.15, 0.2) is 0 Å². The number of anilines is 6. The molecule has 9 rings (SSSR count). The monoisotopic (exact) mass is 930 g/mol. The number of para-hydroxylation sites is 2. The number of rotatable bonds is 14. The topological polar surface area (TPSA) is 109 Å². The van der Waals surface area contributed by atoms with E-state index >= 15 is 0 Å². The Morgan fingerprint density at radius 1 is 0.455 bits per heavy atom. The molecule has 9 aromatic rings. The predicted octanol–water partition coefficient (Wildman–Crippen LogP) is 15.9. The van der Waals surface area contributed by atoms with Gasteiger partial charge in [0.2, 0.25) is 0 Å². The van der Waals surface area contributed by atoms with Crippen LogP contribution in [0, 0.1) is 17.9 Å². The number of nitrogens with zero attached hydrogens (tertiary/aromatic N) is 4. The van der Waals surface area contributed by atoms with Crippen LogP contribution >= 0.6 is 45.3 Å². The molecule has 318 valence electrons. The van der Waals surface area contributed by atoms with Gasteiger partial charge in [-0.25, -0.2) is 9.64 Å². The molecule has 66 heavy (non-hydrogen) atoms. The molecule has 0 spiro atoms. The molecular formula is C54H34N4O4S4. The highest BCUT2D eigenvalue weighted by Gasteiger charge is 2.18. The van der Waals surface area contributed by atoms with Crippen LogP contribution in [0.5, 0.6) is 0 Å². The van der Waals surface area contributed by atoms with Crippen LogP contribution < -0.4 is 9.80 Å². The van der Waals surface area contributed by atoms with Crippen LogP contribution in [-0.2, 0) is 9.59 Å². The van der Waals surface area contributed by atoms with E-state index in [-0.39, 0.29) is 11.3 Å². The lowest BCUT2D eigenvalue weighted by Crippen LogP contribution is -2.12. The van der Waals surface area contributed by atoms with E-state index in [0.29, 0.717) is 4.88 Å². The minimum absolute atomic E-state index is 0.292. The van der Waals surface area contributed by atoms with Crippen molar-refractivity contribution in [2.24, 2.45) is 0 Å². The van der Waals surface area contributed by atoms with Gasteiger partial charge in [0, 0.05) is 73.1 Å². The zero-order valence-electron chi connectivity index (χ0n) is 34.6. The Morgan fingerprint density at radius 3 is 1.18 bits per heavy atom. The van der Waals surface area contributed by atoms with Crippen molar-refractivity contribution in [3.05, 3.63) is 214 Å². The first-order valence-corrected chi connectivity index (χ1v) is 23.6. The standard InChI is InChI=1S/C54H34N4O4S4/c1-56-46(54(61)62)33-45-25-27-50(64-45)52-31-29-48(66-52)36-14-18-41(19-15-36)58(39-10-6-3-7-11-39)43-22-20-42(21-23-43)57(38-8-4-2-5-9-38)40-16-12-35(13-17-40)47-28-30-51(65-47)49-26-24-44(63-49)32-37(34-55)53(59)60/h2-33H,(H,59,60)(H,61,62)/b37-32+,46-33?. The Morgan fingerprint density at radius 2 is 0.803 bits per heavy atom. The number of hydrogen-bond donors (Lipinski definition) is 2. The van der Waals surface area contributed by atoms with Crippen LogP contribution in [0.1, 0.15) is 9.75 Å². The van der Waals surface area contributed by atoms with E-state index in [2.05, 4.69) is 136 Å². The molecular weight excluding hydrogens is 897 g/mol. The number of thiophene rings is 4. The van der Waals surface area contributed by atoms with E-state index < -0.39 is 11.9 Å². The van der Waals surface area contributed by atoms with Gasteiger partial charge in [0.1, 0.15) is 11.6 Å². The Labute approximate surface area is 396 Å². The van der Waals surface area contributed by atoms with Crippen molar-refractivity contribution in [3.8, 4) is 46.5 Å². The number of carboxylic acid groups (broad SMARTS) is 2. The Bertz CT molecular complexity index is 3110. The number of carbonyl (C=O) groups is 2. The summed E-state index contributed by atoms with van der Waals surface area (Å²) in [5, 5.41) is 27.7. The second-order valence-electron chi connectivity index (χ2n) is 14.6. The summed E-state index contributed by atoms with van der Waals surface area (Å²) in [6.45, 7) is 7.16. The zero-order valence-corrected chi connectivity index (χ0v) is 37.9. The van der Waals surface area contributed by atoms with Crippen LogP contribution in [0.4, 0.5) is 34.1 Å². The van der Waals surface area contributed by atoms with Gasteiger partial charge in [-0.3, -0.25) is 4.79 Å². The highest BCUT2D eigenvalue weighted by atomic mass is 32.1. The van der Waals surface area contributed by atoms with Gasteiger partial charge in [-0.15, -0.1) is 45.3 Å². The third-order valence-electron chi connectivity index (χ3n) is 10.4. The lowest BCUT2D eigenvalue weighted by atomic mass is 10.1. The summed E-state index contributed by atoms with van der Waals surface area (Å²) in [5.41, 5.74) is 7.63. The van der Waals surface area contributed by atoms with Gasteiger partial charge in [0.05, 0.1) is 6.57 Å². The van der Waals surface area contributed by atoms with E-state index in [1.165, 1.54) is 34.8 Å². The highest BCUT2D eigenvalue weighted by Crippen LogP contribution is 2.43. The summed E-state index contributed by atoms with van der Waals surface area (Å²) in [4.78, 5) is 38.1. The molecule has 0 unspecified atom stereocenters. The molecule has 0 aliphatic heterocycles. The van der Waals surface area contributed by atoms with Gasteiger partial charge in [0.25, 0.3) is 5.70 Å². The molecule has 0 bridgehead atoms. The summed E-state index contributed by atoms with van der Waals surface area (Å²) in [6.07, 6.45) is 2.82. The number of aliphatic carboxylic acids is 2. The van der Waals surface area contributed by atoms with Crippen molar-refractivity contribution in [2.75, 3.05) is 9.80 Å². The van der Waals surface area contributed by atoms with Crippen molar-refractivity contribution in [2.45, 2.75) is 0 Å². The molecule has 0 saturated carbocycles. The van der Waals surface area contributed by atoms with Crippen LogP contribution in [0.3, 0.4) is 0 Å². The second kappa shape index (κ2) is 19.3. The molecule has 0 aliphatic rings. The summed E-state index contributed by atoms with van der Waals surface area (Å²) in [5.74, 6) is -2.47. The average molecular weight is 931 g/mol. The normalized spacial score (nSPS) is 11.4. The maximum Gasteiger partial charge on any atom is 0.346 e. The second-order valence-corrected chi connectivity index (χ2v) is 19.0. The Balaban J connectivity index is 0.963. The fourth-order valence-corrected chi connectivity index (χ4v) is 11.4. The molecule has 0 atom stereocenters. The lowest BCUT2D eigenvalue weighted by molar-refractivity contribution is -0.133. The maximum atomic E-state index is 11.3. The summed E-state index contributed by atoms with van der Waals surface area (Å²) in [6, 6.07) is 64.0. The van der Waals surface area contributed by atoms with Crippen LogP contribution in [-0.4, -0.2) is 22.2 Å². The largest absolute Gasteiger partial charge is 0.486 e. The fourth-order valence-electron chi connectivity index (χ4n) is 7.29. The maximum absolute atomic E-state index is 11.3. The molecule has 0 saturated heterocycles. The van der Waals surface area contributed by atoms with E-state index in [1.54, 1.807) is 28.7 Å². The molecule has 12 heteroatoms. The quantitative estimate of drug-likeness (QED) is 0.0635. The zero-order chi connectivity index (χ0) is 45.6. The SMILES string of the molecule is [C-]#[N+]C(=Cc1ccc(-c2ccc(-c3ccc(N(c4ccccc4)c4ccc(N(c5ccccc5)c5ccc(-c6ccc(-c7ccc(/C=C(\C#N)C(=O)O)s7)s6)cc5)cc4)cc3)s2)s1)C(=O)O. The predicted molar refractivity (Wildman–Crippen MR) is 273 cm³/mol. The fraction of sp³-hybridized carbons (Fsp3) is 0. The van der Waals surface area contributed by atoms with Gasteiger partial charge >= 0.3 is 11.9 Å². The number of carboxylic acids is 2. The average Bonchev–Trinajstić information content (AvgIpc) is 4.20. The minimum atomic E-state index is -1.24. The number of nitriles is 1. The Hall–Kier alpha value is -8.10. The van der Waals surface area contributed by atoms with Crippen LogP contribution in [0.2, 0.25) is 0 Å². The molecule has 0 fully saturated rings. The third-order valence-corrected chi connectivity index (χ3v) is 15.1. The van der Waals surface area contributed by atoms with Crippen LogP contribution in [0.15, 0.2) is 193 Å². The summed E-state index contributed by atoms with van der Waals surface area (Å²) >= 11 is 6.24. The third kappa shape index (κ3) is 9.40. The number of hydrogen-bond acceptors (Lipinski definition) is 9. The molecule has 0 radical (unpaired) electrons. The first-order valence-electron chi connectivity index (χ1n) is 20.3. The first-order chi connectivity index (χ1) is 32.2. The molecule has 4 heterocycles. The van der Waals surface area contributed by atoms with Crippen LogP contribution in [0.25, 0.3) is 57.4 Å². The van der Waals surface area contributed by atoms with Gasteiger partial charge in [-0.2, -0.15) is 5.26 Å². The smallest absolute Gasteiger partial charge is 0.346 e. The summed E-state index contributed by atoms with van der Waals surface area (Å²) < 4.78 is 0. The minimum Gasteiger partial charge on any atom is -0.486 e. The molecule has 4 aromatic heterocycles. The van der Waals surface area contributed by atoms with E-state index in [9.17, 15) is 25.1 Å². The van der Waals surface area contributed by atoms with E-state index in [4.69, 9.17) is 6.57 Å². The van der Waals surface area contributed by atoms with Crippen molar-refractivity contribution < 1.29 is 19.8 Å². The van der Waals surface area contributed by atoms with Crippen molar-refractivity contribution in [1.29, 1.82) is 5.26 Å². The van der Waals surface area contributed by atoms with E-state index in [0.717, 1.165) is 79.4 Å². The number of benzene rings is 5.